The van der Waals surface area contributed by atoms with Crippen molar-refractivity contribution in [2.45, 2.75) is 38.0 Å². The summed E-state index contributed by atoms with van der Waals surface area (Å²) >= 11 is 6.69. The van der Waals surface area contributed by atoms with Crippen LogP contribution in [0.15, 0.2) is 49.1 Å². The Morgan fingerprint density at radius 3 is 2.69 bits per heavy atom. The number of carbonyl (C=O) groups excluding carboxylic acids is 1. The van der Waals surface area contributed by atoms with Crippen LogP contribution in [-0.2, 0) is 22.5 Å². The molecule has 1 amide bonds. The Labute approximate surface area is 251 Å². The minimum absolute atomic E-state index is 0.0226. The van der Waals surface area contributed by atoms with Crippen LogP contribution in [0.3, 0.4) is 0 Å². The summed E-state index contributed by atoms with van der Waals surface area (Å²) in [5.41, 5.74) is 3.28. The number of piperazine rings is 1. The van der Waals surface area contributed by atoms with E-state index in [4.69, 9.17) is 31.0 Å². The summed E-state index contributed by atoms with van der Waals surface area (Å²) in [5.74, 6) is 0.913. The average Bonchev–Trinajstić information content (AvgIpc) is 3.66. The van der Waals surface area contributed by atoms with Crippen molar-refractivity contribution < 1.29 is 14.3 Å². The fourth-order valence-corrected chi connectivity index (χ4v) is 7.19. The van der Waals surface area contributed by atoms with Crippen LogP contribution in [0.2, 0.25) is 5.02 Å². The molecule has 2 bridgehead atoms. The molecule has 0 spiro atoms. The van der Waals surface area contributed by atoms with Gasteiger partial charge in [0, 0.05) is 68.5 Å². The van der Waals surface area contributed by atoms with Gasteiger partial charge in [-0.3, -0.25) is 9.69 Å². The summed E-state index contributed by atoms with van der Waals surface area (Å²) in [6, 6.07) is 13.4. The number of benzene rings is 2. The molecule has 7 rings (SSSR count). The van der Waals surface area contributed by atoms with E-state index in [1.165, 1.54) is 11.6 Å². The van der Waals surface area contributed by atoms with Crippen LogP contribution in [0.25, 0.3) is 10.8 Å². The fourth-order valence-electron chi connectivity index (χ4n) is 6.91. The van der Waals surface area contributed by atoms with Gasteiger partial charge in [0.1, 0.15) is 5.82 Å². The van der Waals surface area contributed by atoms with Crippen molar-refractivity contribution in [1.29, 1.82) is 0 Å². The van der Waals surface area contributed by atoms with E-state index in [1.54, 1.807) is 0 Å². The zero-order chi connectivity index (χ0) is 28.6. The van der Waals surface area contributed by atoms with Gasteiger partial charge in [0.05, 0.1) is 36.6 Å². The number of morpholine rings is 1. The van der Waals surface area contributed by atoms with Gasteiger partial charge in [-0.2, -0.15) is 9.97 Å². The van der Waals surface area contributed by atoms with Crippen molar-refractivity contribution in [3.63, 3.8) is 0 Å². The Morgan fingerprint density at radius 2 is 1.93 bits per heavy atom. The third-order valence-electron chi connectivity index (χ3n) is 9.10. The maximum Gasteiger partial charge on any atom is 0.318 e. The Hall–Kier alpha value is -3.40. The molecule has 9 nitrogen and oxygen atoms in total. The van der Waals surface area contributed by atoms with Crippen LogP contribution in [0.5, 0.6) is 6.01 Å². The molecule has 4 aliphatic heterocycles. The molecule has 220 valence electrons. The molecule has 1 aromatic heterocycles. The molecule has 3 saturated heterocycles. The van der Waals surface area contributed by atoms with Gasteiger partial charge in [-0.1, -0.05) is 42.4 Å². The van der Waals surface area contributed by atoms with Crippen molar-refractivity contribution in [2.24, 2.45) is 0 Å². The van der Waals surface area contributed by atoms with Gasteiger partial charge >= 0.3 is 6.01 Å². The Morgan fingerprint density at radius 1 is 1.10 bits per heavy atom. The molecule has 0 saturated carbocycles. The quantitative estimate of drug-likeness (QED) is 0.290. The Kier molecular flexibility index (Phi) is 7.65. The first-order valence-corrected chi connectivity index (χ1v) is 15.4. The summed E-state index contributed by atoms with van der Waals surface area (Å²) in [6.07, 6.45) is 4.69. The van der Waals surface area contributed by atoms with Crippen molar-refractivity contribution >= 4 is 39.8 Å². The lowest BCUT2D eigenvalue weighted by molar-refractivity contribution is -0.126. The van der Waals surface area contributed by atoms with E-state index < -0.39 is 0 Å². The molecule has 2 aromatic carbocycles. The third kappa shape index (κ3) is 5.29. The van der Waals surface area contributed by atoms with Crippen LogP contribution >= 0.6 is 11.6 Å². The number of hydrogen-bond acceptors (Lipinski definition) is 8. The molecule has 2 atom stereocenters. The second-order valence-corrected chi connectivity index (χ2v) is 12.0. The lowest BCUT2D eigenvalue weighted by Crippen LogP contribution is -2.49. The molecule has 42 heavy (non-hydrogen) atoms. The van der Waals surface area contributed by atoms with Crippen molar-refractivity contribution in [2.75, 3.05) is 68.8 Å². The van der Waals surface area contributed by atoms with Gasteiger partial charge in [-0.25, -0.2) is 0 Å². The van der Waals surface area contributed by atoms with Crippen molar-refractivity contribution in [3.8, 4) is 6.01 Å². The van der Waals surface area contributed by atoms with E-state index in [1.807, 2.05) is 17.0 Å². The fraction of sp³-hybridized carbons (Fsp3) is 0.469. The van der Waals surface area contributed by atoms with E-state index in [0.29, 0.717) is 57.5 Å². The molecule has 0 N–H and O–H groups in total. The second kappa shape index (κ2) is 11.7. The van der Waals surface area contributed by atoms with Crippen LogP contribution < -0.4 is 14.5 Å². The first-order valence-electron chi connectivity index (χ1n) is 15.0. The number of fused-ring (bicyclic) bond motifs is 4. The van der Waals surface area contributed by atoms with Gasteiger partial charge in [-0.15, -0.1) is 0 Å². The average molecular weight is 589 g/mol. The molecular formula is C32H37ClN6O3. The first-order chi connectivity index (χ1) is 20.6. The maximum absolute atomic E-state index is 12.2. The van der Waals surface area contributed by atoms with Crippen LogP contribution in [0.4, 0.5) is 11.5 Å². The highest BCUT2D eigenvalue weighted by molar-refractivity contribution is 6.36. The minimum Gasteiger partial charge on any atom is -0.463 e. The Balaban J connectivity index is 1.12. The molecule has 0 unspecified atom stereocenters. The number of aromatic nitrogens is 2. The molecule has 5 heterocycles. The van der Waals surface area contributed by atoms with Gasteiger partial charge in [-0.05, 0) is 42.9 Å². The predicted molar refractivity (Wildman–Crippen MR) is 165 cm³/mol. The first kappa shape index (κ1) is 27.4. The number of amides is 1. The summed E-state index contributed by atoms with van der Waals surface area (Å²) in [4.78, 5) is 31.1. The molecule has 10 heteroatoms. The van der Waals surface area contributed by atoms with Crippen LogP contribution in [0, 0.1) is 0 Å². The summed E-state index contributed by atoms with van der Waals surface area (Å²) in [6.45, 7) is 11.3. The number of likely N-dealkylation sites (tertiary alicyclic amines) is 1. The predicted octanol–water partition coefficient (Wildman–Crippen LogP) is 3.92. The highest BCUT2D eigenvalue weighted by Crippen LogP contribution is 2.37. The van der Waals surface area contributed by atoms with Gasteiger partial charge < -0.3 is 24.2 Å². The maximum atomic E-state index is 12.2. The minimum atomic E-state index is -0.0226. The van der Waals surface area contributed by atoms with E-state index >= 15 is 0 Å². The number of ether oxygens (including phenoxy) is 2. The van der Waals surface area contributed by atoms with Crippen LogP contribution in [-0.4, -0.2) is 96.8 Å². The third-order valence-corrected chi connectivity index (χ3v) is 9.41. The van der Waals surface area contributed by atoms with Crippen molar-refractivity contribution in [3.05, 3.63) is 65.3 Å². The van der Waals surface area contributed by atoms with Crippen LogP contribution in [0.1, 0.15) is 24.1 Å². The van der Waals surface area contributed by atoms with Gasteiger partial charge in [0.15, 0.2) is 0 Å². The molecule has 3 aromatic rings. The van der Waals surface area contributed by atoms with E-state index in [9.17, 15) is 4.79 Å². The highest BCUT2D eigenvalue weighted by Gasteiger charge is 2.38. The number of hydrogen-bond donors (Lipinski definition) is 0. The largest absolute Gasteiger partial charge is 0.463 e. The molecule has 0 radical (unpaired) electrons. The van der Waals surface area contributed by atoms with Gasteiger partial charge in [0.2, 0.25) is 5.91 Å². The molecule has 4 aliphatic rings. The zero-order valence-electron chi connectivity index (χ0n) is 23.9. The number of rotatable bonds is 8. The number of anilines is 2. The standard InChI is InChI=1S/C32H37ClN6O3/c1-2-29(40)36-13-15-37(16-14-36)31-25-10-12-39(28-9-4-7-22-6-3-8-26(33)30(22)28)20-27(25)34-32(35-31)41-17-5-11-38-19-24-18-23(38)21-42-24/h2-4,6-9,23-24H,1,5,10-21H2/t23-,24-/m0/s1. The lowest BCUT2D eigenvalue weighted by atomic mass is 10.0. The van der Waals surface area contributed by atoms with Crippen molar-refractivity contribution in [1.82, 2.24) is 19.8 Å². The smallest absolute Gasteiger partial charge is 0.318 e. The zero-order valence-corrected chi connectivity index (χ0v) is 24.6. The summed E-state index contributed by atoms with van der Waals surface area (Å²) in [7, 11) is 0. The van der Waals surface area contributed by atoms with E-state index in [2.05, 4.69) is 45.5 Å². The van der Waals surface area contributed by atoms with E-state index in [0.717, 1.165) is 78.5 Å². The Bertz CT molecular complexity index is 1490. The normalized spacial score (nSPS) is 22.1. The number of nitrogens with zero attached hydrogens (tertiary/aromatic N) is 6. The summed E-state index contributed by atoms with van der Waals surface area (Å²) in [5, 5.41) is 2.95. The number of carbonyl (C=O) groups is 1. The van der Waals surface area contributed by atoms with E-state index in [-0.39, 0.29) is 5.91 Å². The monoisotopic (exact) mass is 588 g/mol. The molecular weight excluding hydrogens is 552 g/mol. The van der Waals surface area contributed by atoms with Gasteiger partial charge in [0.25, 0.3) is 0 Å². The second-order valence-electron chi connectivity index (χ2n) is 11.6. The number of halogens is 1. The molecule has 3 fully saturated rings. The SMILES string of the molecule is C=CC(=O)N1CCN(c2nc(OCCCN3C[C@@H]4C[C@H]3CO4)nc3c2CCN(c2cccc4cccc(Cl)c24)C3)CC1. The topological polar surface area (TPSA) is 74.3 Å². The molecule has 0 aliphatic carbocycles. The summed E-state index contributed by atoms with van der Waals surface area (Å²) < 4.78 is 12.0. The highest BCUT2D eigenvalue weighted by atomic mass is 35.5. The lowest BCUT2D eigenvalue weighted by Gasteiger charge is -2.38.